The highest BCUT2D eigenvalue weighted by Crippen LogP contribution is 2.35. The molecule has 10 heteroatoms. The highest BCUT2D eigenvalue weighted by molar-refractivity contribution is 6.06. The second-order valence-electron chi connectivity index (χ2n) is 9.29. The lowest BCUT2D eigenvalue weighted by molar-refractivity contribution is -0.136. The number of rotatable bonds is 4. The van der Waals surface area contributed by atoms with Crippen LogP contribution in [0.1, 0.15) is 34.5 Å². The third-order valence-electron chi connectivity index (χ3n) is 7.21. The first kappa shape index (κ1) is 21.7. The Morgan fingerprint density at radius 3 is 2.71 bits per heavy atom. The smallest absolute Gasteiger partial charge is 0.255 e. The number of aromatic nitrogens is 2. The molecule has 6 rings (SSSR count). The predicted molar refractivity (Wildman–Crippen MR) is 125 cm³/mol. The van der Waals surface area contributed by atoms with Crippen molar-refractivity contribution in [1.82, 2.24) is 24.5 Å². The molecular weight excluding hydrogens is 451 g/mol. The van der Waals surface area contributed by atoms with Crippen LogP contribution in [0.3, 0.4) is 0 Å². The van der Waals surface area contributed by atoms with Gasteiger partial charge in [0.05, 0.1) is 0 Å². The third-order valence-corrected chi connectivity index (χ3v) is 7.21. The summed E-state index contributed by atoms with van der Waals surface area (Å²) in [6.07, 6.45) is 4.22. The molecule has 5 heterocycles. The number of amides is 3. The van der Waals surface area contributed by atoms with Gasteiger partial charge in [-0.3, -0.25) is 24.6 Å². The van der Waals surface area contributed by atoms with Crippen LogP contribution in [-0.4, -0.2) is 69.1 Å². The molecule has 3 aliphatic heterocycles. The predicted octanol–water partition coefficient (Wildman–Crippen LogP) is 1.56. The van der Waals surface area contributed by atoms with E-state index in [1.165, 1.54) is 17.0 Å². The zero-order chi connectivity index (χ0) is 24.1. The Kier molecular flexibility index (Phi) is 5.25. The normalized spacial score (nSPS) is 21.1. The fraction of sp³-hybridized carbons (Fsp3) is 0.360. The van der Waals surface area contributed by atoms with Crippen molar-refractivity contribution in [3.8, 4) is 0 Å². The number of benzene rings is 1. The lowest BCUT2D eigenvalue weighted by Gasteiger charge is -2.37. The Bertz CT molecular complexity index is 1350. The highest BCUT2D eigenvalue weighted by atomic mass is 19.1. The Morgan fingerprint density at radius 1 is 1.09 bits per heavy atom. The van der Waals surface area contributed by atoms with Gasteiger partial charge in [-0.05, 0) is 30.7 Å². The fourth-order valence-electron chi connectivity index (χ4n) is 5.40. The van der Waals surface area contributed by atoms with Crippen molar-refractivity contribution in [2.75, 3.05) is 31.1 Å². The van der Waals surface area contributed by atoms with E-state index in [4.69, 9.17) is 0 Å². The number of hydrogen-bond acceptors (Lipinski definition) is 6. The van der Waals surface area contributed by atoms with E-state index in [0.29, 0.717) is 24.3 Å². The number of hydrogen-bond donors (Lipinski definition) is 1. The summed E-state index contributed by atoms with van der Waals surface area (Å²) in [5.41, 5.74) is 3.84. The summed E-state index contributed by atoms with van der Waals surface area (Å²) in [7, 11) is 0. The molecular formula is C25H25FN6O3. The first-order valence-electron chi connectivity index (χ1n) is 11.8. The van der Waals surface area contributed by atoms with Crippen LogP contribution in [0.25, 0.3) is 5.65 Å². The van der Waals surface area contributed by atoms with Crippen LogP contribution in [0.15, 0.2) is 42.7 Å². The molecule has 0 spiro atoms. The zero-order valence-corrected chi connectivity index (χ0v) is 19.1. The summed E-state index contributed by atoms with van der Waals surface area (Å²) in [5.74, 6) is -1.62. The number of piperidine rings is 1. The van der Waals surface area contributed by atoms with Crippen molar-refractivity contribution < 1.29 is 18.8 Å². The van der Waals surface area contributed by atoms with Crippen LogP contribution in [0.4, 0.5) is 10.1 Å². The van der Waals surface area contributed by atoms with Crippen LogP contribution in [0, 0.1) is 5.82 Å². The number of imidazole rings is 1. The van der Waals surface area contributed by atoms with Gasteiger partial charge in [-0.25, -0.2) is 9.37 Å². The van der Waals surface area contributed by atoms with Gasteiger partial charge in [0.2, 0.25) is 11.8 Å². The number of nitrogens with zero attached hydrogens (tertiary/aromatic N) is 5. The van der Waals surface area contributed by atoms with Crippen molar-refractivity contribution >= 4 is 29.1 Å². The first-order chi connectivity index (χ1) is 17.0. The largest absolute Gasteiger partial charge is 0.369 e. The minimum Gasteiger partial charge on any atom is -0.369 e. The number of halogens is 1. The monoisotopic (exact) mass is 476 g/mol. The molecule has 0 radical (unpaired) electrons. The molecule has 0 aliphatic carbocycles. The van der Waals surface area contributed by atoms with E-state index < -0.39 is 17.8 Å². The maximum Gasteiger partial charge on any atom is 0.255 e. The van der Waals surface area contributed by atoms with Gasteiger partial charge in [0.1, 0.15) is 17.5 Å². The van der Waals surface area contributed by atoms with E-state index in [1.54, 1.807) is 6.20 Å². The zero-order valence-electron chi connectivity index (χ0n) is 19.1. The lowest BCUT2D eigenvalue weighted by Crippen LogP contribution is -2.52. The SMILES string of the molecule is O=C1CCC(N2Cc3c(cc(F)cc3N3CCN(Cc4cccc5nccn45)CC3)C2=O)C(=O)N1. The Morgan fingerprint density at radius 2 is 1.91 bits per heavy atom. The van der Waals surface area contributed by atoms with Crippen molar-refractivity contribution in [3.63, 3.8) is 0 Å². The Hall–Kier alpha value is -3.79. The van der Waals surface area contributed by atoms with Crippen LogP contribution in [0.5, 0.6) is 0 Å². The minimum absolute atomic E-state index is 0.187. The molecule has 9 nitrogen and oxygen atoms in total. The molecule has 3 aliphatic rings. The van der Waals surface area contributed by atoms with Crippen LogP contribution in [-0.2, 0) is 22.7 Å². The summed E-state index contributed by atoms with van der Waals surface area (Å²) < 4.78 is 16.7. The molecule has 0 bridgehead atoms. The maximum atomic E-state index is 14.6. The summed E-state index contributed by atoms with van der Waals surface area (Å²) >= 11 is 0. The van der Waals surface area contributed by atoms with Crippen LogP contribution < -0.4 is 10.2 Å². The third kappa shape index (κ3) is 3.83. The lowest BCUT2D eigenvalue weighted by atomic mass is 10.0. The second kappa shape index (κ2) is 8.46. The number of imide groups is 1. The minimum atomic E-state index is -0.716. The van der Waals surface area contributed by atoms with E-state index in [9.17, 15) is 18.8 Å². The Labute approximate surface area is 201 Å². The molecule has 1 N–H and O–H groups in total. The van der Waals surface area contributed by atoms with Gasteiger partial charge in [-0.2, -0.15) is 0 Å². The van der Waals surface area contributed by atoms with E-state index in [-0.39, 0.29) is 31.2 Å². The summed E-state index contributed by atoms with van der Waals surface area (Å²) in [5, 5.41) is 2.31. The van der Waals surface area contributed by atoms with Gasteiger partial charge in [-0.1, -0.05) is 6.07 Å². The molecule has 2 aromatic heterocycles. The number of carbonyl (C=O) groups is 3. The van der Waals surface area contributed by atoms with E-state index in [2.05, 4.69) is 30.6 Å². The van der Waals surface area contributed by atoms with Gasteiger partial charge in [0.15, 0.2) is 0 Å². The van der Waals surface area contributed by atoms with Crippen LogP contribution >= 0.6 is 0 Å². The topological polar surface area (TPSA) is 90.3 Å². The number of nitrogens with one attached hydrogen (secondary N) is 1. The summed E-state index contributed by atoms with van der Waals surface area (Å²) in [4.78, 5) is 47.3. The molecule has 1 atom stereocenters. The van der Waals surface area contributed by atoms with Gasteiger partial charge in [-0.15, -0.1) is 0 Å². The molecule has 3 aromatic rings. The number of anilines is 1. The molecule has 35 heavy (non-hydrogen) atoms. The molecule has 1 aromatic carbocycles. The fourth-order valence-corrected chi connectivity index (χ4v) is 5.40. The summed E-state index contributed by atoms with van der Waals surface area (Å²) in [6.45, 7) is 4.00. The maximum absolute atomic E-state index is 14.6. The number of fused-ring (bicyclic) bond motifs is 2. The van der Waals surface area contributed by atoms with Crippen molar-refractivity contribution in [3.05, 3.63) is 65.4 Å². The number of piperazine rings is 1. The van der Waals surface area contributed by atoms with Gasteiger partial charge < -0.3 is 14.2 Å². The molecule has 1 unspecified atom stereocenters. The quantitative estimate of drug-likeness (QED) is 0.575. The van der Waals surface area contributed by atoms with E-state index >= 15 is 0 Å². The van der Waals surface area contributed by atoms with Gasteiger partial charge in [0, 0.05) is 80.6 Å². The average Bonchev–Trinajstić information content (AvgIpc) is 3.45. The van der Waals surface area contributed by atoms with Gasteiger partial charge in [0.25, 0.3) is 5.91 Å². The standard InChI is InChI=1S/C25H25FN6O3/c26-16-12-18-19(15-32(25(18)35)20-4-5-23(33)28-24(20)34)21(13-16)30-10-8-29(9-11-30)14-17-2-1-3-22-27-6-7-31(17)22/h1-3,6-7,12-13,20H,4-5,8-11,14-15H2,(H,28,33,34). The Balaban J connectivity index is 1.19. The van der Waals surface area contributed by atoms with E-state index in [1.807, 2.05) is 18.3 Å². The molecule has 2 fully saturated rings. The van der Waals surface area contributed by atoms with Crippen molar-refractivity contribution in [1.29, 1.82) is 0 Å². The molecule has 0 saturated carbocycles. The first-order valence-corrected chi connectivity index (χ1v) is 11.8. The summed E-state index contributed by atoms with van der Waals surface area (Å²) in [6, 6.07) is 8.11. The number of carbonyl (C=O) groups excluding carboxylic acids is 3. The van der Waals surface area contributed by atoms with Crippen molar-refractivity contribution in [2.45, 2.75) is 32.0 Å². The van der Waals surface area contributed by atoms with Gasteiger partial charge >= 0.3 is 0 Å². The highest BCUT2D eigenvalue weighted by Gasteiger charge is 2.41. The molecule has 180 valence electrons. The average molecular weight is 477 g/mol. The molecule has 2 saturated heterocycles. The molecule has 3 amide bonds. The van der Waals surface area contributed by atoms with Crippen LogP contribution in [0.2, 0.25) is 0 Å². The van der Waals surface area contributed by atoms with E-state index in [0.717, 1.165) is 36.5 Å². The number of pyridine rings is 1. The second-order valence-corrected chi connectivity index (χ2v) is 9.29. The van der Waals surface area contributed by atoms with Crippen molar-refractivity contribution in [2.24, 2.45) is 0 Å².